The number of fused-ring (bicyclic) bond motifs is 2. The van der Waals surface area contributed by atoms with Gasteiger partial charge in [-0.1, -0.05) is 36.4 Å². The van der Waals surface area contributed by atoms with Crippen molar-refractivity contribution >= 4 is 11.9 Å². The first-order chi connectivity index (χ1) is 17.7. The van der Waals surface area contributed by atoms with Gasteiger partial charge in [0.25, 0.3) is 0 Å². The third-order valence-corrected chi connectivity index (χ3v) is 6.68. The van der Waals surface area contributed by atoms with Crippen molar-refractivity contribution in [2.45, 2.75) is 43.7 Å². The Morgan fingerprint density at radius 2 is 1.86 bits per heavy atom. The van der Waals surface area contributed by atoms with Crippen LogP contribution in [0.15, 0.2) is 66.7 Å². The Hall–Kier alpha value is -4.01. The van der Waals surface area contributed by atoms with Crippen LogP contribution in [-0.2, 0) is 17.3 Å². The largest absolute Gasteiger partial charge is 0.497 e. The van der Waals surface area contributed by atoms with Crippen molar-refractivity contribution < 1.29 is 37.0 Å². The predicted molar refractivity (Wildman–Crippen MR) is 128 cm³/mol. The molecule has 1 aliphatic heterocycles. The van der Waals surface area contributed by atoms with E-state index >= 15 is 0 Å². The van der Waals surface area contributed by atoms with Crippen LogP contribution >= 0.6 is 0 Å². The number of nitrogens with one attached hydrogen (secondary N) is 1. The molecule has 1 amide bonds. The number of benzene rings is 3. The van der Waals surface area contributed by atoms with Crippen molar-refractivity contribution in [3.8, 4) is 11.5 Å². The molecule has 0 aromatic heterocycles. The second kappa shape index (κ2) is 9.80. The predicted octanol–water partition coefficient (Wildman–Crippen LogP) is 6.20. The Balaban J connectivity index is 1.46. The summed E-state index contributed by atoms with van der Waals surface area (Å²) in [6, 6.07) is 16.4. The molecule has 5 rings (SSSR count). The minimum Gasteiger partial charge on any atom is -0.497 e. The number of alkyl halides is 3. The maximum Gasteiger partial charge on any atom is 0.416 e. The molecule has 3 aromatic rings. The van der Waals surface area contributed by atoms with E-state index in [1.807, 2.05) is 24.3 Å². The molecule has 6 nitrogen and oxygen atoms in total. The van der Waals surface area contributed by atoms with Crippen molar-refractivity contribution in [1.29, 1.82) is 0 Å². The second-order valence-electron chi connectivity index (χ2n) is 9.00. The number of alkyl carbamates (subject to hydrolysis) is 1. The molecule has 192 valence electrons. The standard InChI is InChI=1S/C28H24F3NO5/c1-35-19-12-13-21-23(15-19)36-25(17-8-4-9-18(14-17)28(29,30)31)26(24(21)33)37-27(34)32-22-11-5-7-16-6-2-3-10-20(16)22/h2-4,6,8-10,12-15,22,25-26H,5,7,11H2,1H3,(H,32,34)/t22-,25-,26?/m0/s1. The van der Waals surface area contributed by atoms with Crippen LogP contribution in [-0.4, -0.2) is 25.1 Å². The quantitative estimate of drug-likeness (QED) is 0.451. The summed E-state index contributed by atoms with van der Waals surface area (Å²) < 4.78 is 57.0. The molecule has 0 saturated heterocycles. The highest BCUT2D eigenvalue weighted by Crippen LogP contribution is 2.40. The lowest BCUT2D eigenvalue weighted by Gasteiger charge is -2.33. The average Bonchev–Trinajstić information content (AvgIpc) is 2.89. The summed E-state index contributed by atoms with van der Waals surface area (Å²) in [6.45, 7) is 0. The van der Waals surface area contributed by atoms with Gasteiger partial charge in [-0.05, 0) is 60.2 Å². The number of hydrogen-bond donors (Lipinski definition) is 1. The maximum atomic E-state index is 13.5. The van der Waals surface area contributed by atoms with Crippen molar-refractivity contribution in [2.24, 2.45) is 0 Å². The van der Waals surface area contributed by atoms with Gasteiger partial charge in [0.2, 0.25) is 11.9 Å². The van der Waals surface area contributed by atoms with E-state index in [9.17, 15) is 22.8 Å². The number of hydrogen-bond acceptors (Lipinski definition) is 5. The molecule has 3 atom stereocenters. The summed E-state index contributed by atoms with van der Waals surface area (Å²) in [7, 11) is 1.44. The monoisotopic (exact) mass is 511 g/mol. The van der Waals surface area contributed by atoms with Crippen LogP contribution in [0.3, 0.4) is 0 Å². The number of halogens is 3. The molecule has 0 spiro atoms. The summed E-state index contributed by atoms with van der Waals surface area (Å²) in [5.74, 6) is -0.0406. The Kier molecular flexibility index (Phi) is 6.54. The van der Waals surface area contributed by atoms with Crippen LogP contribution in [0.25, 0.3) is 0 Å². The van der Waals surface area contributed by atoms with E-state index in [2.05, 4.69) is 5.32 Å². The third-order valence-electron chi connectivity index (χ3n) is 6.68. The van der Waals surface area contributed by atoms with E-state index in [1.165, 1.54) is 31.4 Å². The number of amides is 1. The highest BCUT2D eigenvalue weighted by Gasteiger charge is 2.42. The number of aryl methyl sites for hydroxylation is 1. The van der Waals surface area contributed by atoms with Crippen LogP contribution in [0.5, 0.6) is 11.5 Å². The minimum absolute atomic E-state index is 0.0532. The molecule has 9 heteroatoms. The van der Waals surface area contributed by atoms with Crippen LogP contribution in [0.4, 0.5) is 18.0 Å². The van der Waals surface area contributed by atoms with Gasteiger partial charge in [0.1, 0.15) is 11.5 Å². The molecule has 2 aliphatic rings. The zero-order valence-corrected chi connectivity index (χ0v) is 19.9. The molecule has 0 bridgehead atoms. The summed E-state index contributed by atoms with van der Waals surface area (Å²) in [5.41, 5.74) is 1.39. The molecule has 1 unspecified atom stereocenters. The summed E-state index contributed by atoms with van der Waals surface area (Å²) >= 11 is 0. The highest BCUT2D eigenvalue weighted by atomic mass is 19.4. The number of ether oxygens (including phenoxy) is 3. The maximum absolute atomic E-state index is 13.5. The van der Waals surface area contributed by atoms with E-state index < -0.39 is 35.8 Å². The van der Waals surface area contributed by atoms with E-state index in [0.717, 1.165) is 36.1 Å². The molecule has 1 aliphatic carbocycles. The third kappa shape index (κ3) is 4.98. The van der Waals surface area contributed by atoms with E-state index in [1.54, 1.807) is 6.07 Å². The fourth-order valence-electron chi connectivity index (χ4n) is 4.87. The fraction of sp³-hybridized carbons (Fsp3) is 0.286. The Morgan fingerprint density at radius 1 is 1.05 bits per heavy atom. The van der Waals surface area contributed by atoms with Crippen LogP contribution in [0.1, 0.15) is 57.6 Å². The Morgan fingerprint density at radius 3 is 2.65 bits per heavy atom. The molecule has 1 N–H and O–H groups in total. The lowest BCUT2D eigenvalue weighted by Crippen LogP contribution is -2.43. The lowest BCUT2D eigenvalue weighted by atomic mass is 9.88. The summed E-state index contributed by atoms with van der Waals surface area (Å²) in [6.07, 6.45) is -5.77. The minimum atomic E-state index is -4.60. The highest BCUT2D eigenvalue weighted by molar-refractivity contribution is 6.04. The SMILES string of the molecule is COc1ccc2c(c1)O[C@@H](c1cccc(C(F)(F)F)c1)C(OC(=O)N[C@H]1CCCc3ccccc31)C2=O. The Labute approximate surface area is 211 Å². The molecule has 3 aromatic carbocycles. The van der Waals surface area contributed by atoms with Gasteiger partial charge >= 0.3 is 12.3 Å². The number of carbonyl (C=O) groups is 2. The van der Waals surface area contributed by atoms with Gasteiger partial charge in [-0.2, -0.15) is 13.2 Å². The first kappa shape index (κ1) is 24.7. The lowest BCUT2D eigenvalue weighted by molar-refractivity contribution is -0.137. The van der Waals surface area contributed by atoms with Gasteiger partial charge in [0.15, 0.2) is 6.10 Å². The van der Waals surface area contributed by atoms with Gasteiger partial charge in [-0.3, -0.25) is 4.79 Å². The normalized spacial score (nSPS) is 20.8. The molecule has 1 heterocycles. The van der Waals surface area contributed by atoms with Gasteiger partial charge < -0.3 is 19.5 Å². The van der Waals surface area contributed by atoms with Crippen molar-refractivity contribution in [1.82, 2.24) is 5.32 Å². The summed E-state index contributed by atoms with van der Waals surface area (Å²) in [4.78, 5) is 26.5. The van der Waals surface area contributed by atoms with E-state index in [-0.39, 0.29) is 22.9 Å². The number of carbonyl (C=O) groups excluding carboxylic acids is 2. The number of rotatable bonds is 4. The first-order valence-corrected chi connectivity index (χ1v) is 11.9. The first-order valence-electron chi connectivity index (χ1n) is 11.9. The van der Waals surface area contributed by atoms with E-state index in [0.29, 0.717) is 12.2 Å². The zero-order chi connectivity index (χ0) is 26.2. The van der Waals surface area contributed by atoms with Gasteiger partial charge in [0.05, 0.1) is 24.3 Å². The zero-order valence-electron chi connectivity index (χ0n) is 19.9. The average molecular weight is 511 g/mol. The molecular formula is C28H24F3NO5. The van der Waals surface area contributed by atoms with Crippen LogP contribution in [0, 0.1) is 0 Å². The number of ketones is 1. The smallest absolute Gasteiger partial charge is 0.416 e. The number of methoxy groups -OCH3 is 1. The second-order valence-corrected chi connectivity index (χ2v) is 9.00. The fourth-order valence-corrected chi connectivity index (χ4v) is 4.87. The van der Waals surface area contributed by atoms with Gasteiger partial charge in [0, 0.05) is 6.07 Å². The van der Waals surface area contributed by atoms with Gasteiger partial charge in [-0.15, -0.1) is 0 Å². The van der Waals surface area contributed by atoms with Crippen molar-refractivity contribution in [3.63, 3.8) is 0 Å². The molecule has 0 radical (unpaired) electrons. The summed E-state index contributed by atoms with van der Waals surface area (Å²) in [5, 5.41) is 2.82. The van der Waals surface area contributed by atoms with E-state index in [4.69, 9.17) is 14.2 Å². The van der Waals surface area contributed by atoms with Gasteiger partial charge in [-0.25, -0.2) is 4.79 Å². The molecule has 0 saturated carbocycles. The molecular weight excluding hydrogens is 487 g/mol. The number of Topliss-reactive ketones (excluding diaryl/α,β-unsaturated/α-hetero) is 1. The topological polar surface area (TPSA) is 73.9 Å². The van der Waals surface area contributed by atoms with Crippen LogP contribution < -0.4 is 14.8 Å². The molecule has 0 fully saturated rings. The van der Waals surface area contributed by atoms with Crippen LogP contribution in [0.2, 0.25) is 0 Å². The Bertz CT molecular complexity index is 1340. The van der Waals surface area contributed by atoms with Crippen molar-refractivity contribution in [3.05, 3.63) is 94.5 Å². The van der Waals surface area contributed by atoms with Crippen molar-refractivity contribution in [2.75, 3.05) is 7.11 Å². The molecule has 37 heavy (non-hydrogen) atoms.